The molecule has 0 N–H and O–H groups in total. The van der Waals surface area contributed by atoms with Crippen LogP contribution in [-0.2, 0) is 13.0 Å². The van der Waals surface area contributed by atoms with Crippen LogP contribution in [0.5, 0.6) is 0 Å². The van der Waals surface area contributed by atoms with Gasteiger partial charge in [0.1, 0.15) is 7.85 Å². The Hall–Kier alpha value is -3.69. The van der Waals surface area contributed by atoms with Crippen molar-refractivity contribution in [2.75, 3.05) is 0 Å². The molecule has 0 bridgehead atoms. The van der Waals surface area contributed by atoms with Crippen LogP contribution in [0.2, 0.25) is 0 Å². The Morgan fingerprint density at radius 3 is 2.69 bits per heavy atom. The van der Waals surface area contributed by atoms with E-state index in [-0.39, 0.29) is 11.2 Å². The number of hydrogen-bond donors (Lipinski definition) is 0. The predicted molar refractivity (Wildman–Crippen MR) is 103 cm³/mol. The standard InChI is InChI=1S/C19H12BF2N7/c1-28-10-12(9-23-28)15-5-7-17-25-26-18(29(17)27-15)19(21,22)13-3-4-14-11(8-13)2-6-16(20)24-14/h2-10H,1H3. The first kappa shape index (κ1) is 17.4. The largest absolute Gasteiger partial charge is 0.333 e. The van der Waals surface area contributed by atoms with Crippen molar-refractivity contribution in [3.8, 4) is 11.3 Å². The third kappa shape index (κ3) is 2.84. The highest BCUT2D eigenvalue weighted by molar-refractivity contribution is 6.31. The number of halogens is 2. The molecule has 0 saturated carbocycles. The minimum absolute atomic E-state index is 0.225. The summed E-state index contributed by atoms with van der Waals surface area (Å²) in [6, 6.07) is 10.7. The Labute approximate surface area is 164 Å². The van der Waals surface area contributed by atoms with Crippen molar-refractivity contribution >= 4 is 30.0 Å². The number of fused-ring (bicyclic) bond motifs is 2. The fraction of sp³-hybridized carbons (Fsp3) is 0.105. The topological polar surface area (TPSA) is 73.8 Å². The van der Waals surface area contributed by atoms with Gasteiger partial charge in [-0.3, -0.25) is 9.67 Å². The second-order valence-electron chi connectivity index (χ2n) is 6.63. The SMILES string of the molecule is [B]c1ccc2cc(C(F)(F)c3nnc4ccc(-c5cnn(C)c5)nn34)ccc2n1. The molecular formula is C19H12BF2N7. The lowest BCUT2D eigenvalue weighted by Gasteiger charge is -2.15. The van der Waals surface area contributed by atoms with Crippen LogP contribution < -0.4 is 5.59 Å². The number of nitrogens with zero attached hydrogens (tertiary/aromatic N) is 7. The smallest absolute Gasteiger partial charge is 0.275 e. The zero-order chi connectivity index (χ0) is 20.2. The van der Waals surface area contributed by atoms with Gasteiger partial charge in [0.25, 0.3) is 0 Å². The first-order valence-corrected chi connectivity index (χ1v) is 8.68. The summed E-state index contributed by atoms with van der Waals surface area (Å²) in [6.07, 6.45) is 3.36. The Kier molecular flexibility index (Phi) is 3.70. The second kappa shape index (κ2) is 6.16. The molecule has 0 aliphatic rings. The molecule has 0 aliphatic carbocycles. The molecule has 0 fully saturated rings. The molecule has 5 aromatic rings. The summed E-state index contributed by atoms with van der Waals surface area (Å²) in [5.41, 5.74) is 2.04. The van der Waals surface area contributed by atoms with Crippen molar-refractivity contribution in [3.63, 3.8) is 0 Å². The highest BCUT2D eigenvalue weighted by Gasteiger charge is 2.40. The van der Waals surface area contributed by atoms with E-state index in [1.807, 2.05) is 0 Å². The number of benzene rings is 1. The fourth-order valence-electron chi connectivity index (χ4n) is 3.16. The molecule has 0 saturated heterocycles. The van der Waals surface area contributed by atoms with Gasteiger partial charge in [0.15, 0.2) is 5.65 Å². The van der Waals surface area contributed by atoms with Gasteiger partial charge >= 0.3 is 5.92 Å². The number of aryl methyl sites for hydroxylation is 1. The van der Waals surface area contributed by atoms with Crippen LogP contribution >= 0.6 is 0 Å². The van der Waals surface area contributed by atoms with E-state index in [9.17, 15) is 0 Å². The lowest BCUT2D eigenvalue weighted by molar-refractivity contribution is 0.0307. The van der Waals surface area contributed by atoms with Gasteiger partial charge in [-0.05, 0) is 29.9 Å². The second-order valence-corrected chi connectivity index (χ2v) is 6.63. The summed E-state index contributed by atoms with van der Waals surface area (Å²) in [5.74, 6) is -3.99. The fourth-order valence-corrected chi connectivity index (χ4v) is 3.16. The Morgan fingerprint density at radius 1 is 1.03 bits per heavy atom. The maximum Gasteiger partial charge on any atom is 0.333 e. The molecule has 0 atom stereocenters. The predicted octanol–water partition coefficient (Wildman–Crippen LogP) is 2.01. The Balaban J connectivity index is 1.64. The molecule has 0 amide bonds. The molecular weight excluding hydrogens is 375 g/mol. The first-order chi connectivity index (χ1) is 13.9. The Bertz CT molecular complexity index is 1380. The number of pyridine rings is 1. The number of rotatable bonds is 3. The highest BCUT2D eigenvalue weighted by atomic mass is 19.3. The monoisotopic (exact) mass is 387 g/mol. The lowest BCUT2D eigenvalue weighted by atomic mass is 10.0. The summed E-state index contributed by atoms with van der Waals surface area (Å²) in [4.78, 5) is 4.14. The third-order valence-electron chi connectivity index (χ3n) is 4.62. The van der Waals surface area contributed by atoms with Gasteiger partial charge in [0.05, 0.1) is 17.4 Å². The average Bonchev–Trinajstić information content (AvgIpc) is 3.33. The van der Waals surface area contributed by atoms with E-state index < -0.39 is 11.7 Å². The van der Waals surface area contributed by atoms with Crippen molar-refractivity contribution in [1.29, 1.82) is 0 Å². The van der Waals surface area contributed by atoms with Crippen molar-refractivity contribution in [1.82, 2.24) is 34.6 Å². The molecule has 10 heteroatoms. The van der Waals surface area contributed by atoms with Crippen LogP contribution in [0.4, 0.5) is 8.78 Å². The van der Waals surface area contributed by atoms with Gasteiger partial charge < -0.3 is 0 Å². The third-order valence-corrected chi connectivity index (χ3v) is 4.62. The molecule has 1 aromatic carbocycles. The van der Waals surface area contributed by atoms with E-state index in [0.717, 1.165) is 4.52 Å². The molecule has 0 spiro atoms. The van der Waals surface area contributed by atoms with E-state index in [0.29, 0.717) is 27.8 Å². The van der Waals surface area contributed by atoms with Crippen LogP contribution in [-0.4, -0.2) is 42.4 Å². The van der Waals surface area contributed by atoms with Crippen molar-refractivity contribution in [3.05, 3.63) is 66.2 Å². The van der Waals surface area contributed by atoms with Crippen LogP contribution in [0.25, 0.3) is 27.8 Å². The zero-order valence-electron chi connectivity index (χ0n) is 15.2. The number of hydrogen-bond acceptors (Lipinski definition) is 5. The molecule has 0 aliphatic heterocycles. The van der Waals surface area contributed by atoms with E-state index >= 15 is 8.78 Å². The van der Waals surface area contributed by atoms with Crippen LogP contribution in [0, 0.1) is 0 Å². The van der Waals surface area contributed by atoms with Crippen LogP contribution in [0.15, 0.2) is 54.9 Å². The van der Waals surface area contributed by atoms with Crippen molar-refractivity contribution in [2.24, 2.45) is 7.05 Å². The van der Waals surface area contributed by atoms with Crippen molar-refractivity contribution in [2.45, 2.75) is 5.92 Å². The quantitative estimate of drug-likeness (QED) is 0.443. The van der Waals surface area contributed by atoms with Crippen molar-refractivity contribution < 1.29 is 8.78 Å². The molecule has 4 heterocycles. The highest BCUT2D eigenvalue weighted by Crippen LogP contribution is 2.35. The average molecular weight is 387 g/mol. The summed E-state index contributed by atoms with van der Waals surface area (Å²) in [7, 11) is 7.42. The zero-order valence-corrected chi connectivity index (χ0v) is 15.2. The van der Waals surface area contributed by atoms with Gasteiger partial charge in [0, 0.05) is 29.8 Å². The molecule has 5 rings (SSSR count). The molecule has 7 nitrogen and oxygen atoms in total. The van der Waals surface area contributed by atoms with Crippen LogP contribution in [0.1, 0.15) is 11.4 Å². The molecule has 0 unspecified atom stereocenters. The summed E-state index contributed by atoms with van der Waals surface area (Å²) < 4.78 is 33.4. The first-order valence-electron chi connectivity index (χ1n) is 8.68. The molecule has 140 valence electrons. The maximum absolute atomic E-state index is 15.4. The lowest BCUT2D eigenvalue weighted by Crippen LogP contribution is -2.20. The number of alkyl halides is 2. The van der Waals surface area contributed by atoms with Gasteiger partial charge in [-0.25, -0.2) is 0 Å². The van der Waals surface area contributed by atoms with E-state index in [2.05, 4.69) is 25.4 Å². The summed E-state index contributed by atoms with van der Waals surface area (Å²) in [5, 5.41) is 16.5. The minimum Gasteiger partial charge on any atom is -0.275 e. The van der Waals surface area contributed by atoms with Gasteiger partial charge in [-0.2, -0.15) is 23.5 Å². The van der Waals surface area contributed by atoms with Gasteiger partial charge in [-0.1, -0.05) is 18.2 Å². The van der Waals surface area contributed by atoms with E-state index in [4.69, 9.17) is 7.85 Å². The summed E-state index contributed by atoms with van der Waals surface area (Å²) in [6.45, 7) is 0. The van der Waals surface area contributed by atoms with E-state index in [1.54, 1.807) is 48.4 Å². The molecule has 2 radical (unpaired) electrons. The minimum atomic E-state index is -3.42. The summed E-state index contributed by atoms with van der Waals surface area (Å²) >= 11 is 0. The number of aromatic nitrogens is 7. The van der Waals surface area contributed by atoms with Crippen LogP contribution in [0.3, 0.4) is 0 Å². The van der Waals surface area contributed by atoms with Gasteiger partial charge in [0.2, 0.25) is 5.82 Å². The van der Waals surface area contributed by atoms with E-state index in [1.165, 1.54) is 18.2 Å². The maximum atomic E-state index is 15.4. The molecule has 4 aromatic heterocycles. The van der Waals surface area contributed by atoms with Gasteiger partial charge in [-0.15, -0.1) is 10.2 Å². The molecule has 29 heavy (non-hydrogen) atoms. The Morgan fingerprint density at radius 2 is 1.90 bits per heavy atom. The normalized spacial score (nSPS) is 12.1.